The number of amides is 1. The molecule has 24 heavy (non-hydrogen) atoms. The molecular formula is C20H30N2O2. The van der Waals surface area contributed by atoms with Crippen LogP contribution in [-0.4, -0.2) is 36.8 Å². The zero-order chi connectivity index (χ0) is 16.9. The number of anilines is 1. The van der Waals surface area contributed by atoms with E-state index in [9.17, 15) is 9.90 Å². The van der Waals surface area contributed by atoms with E-state index >= 15 is 0 Å². The molecule has 1 heterocycles. The number of nitrogens with zero attached hydrogens (tertiary/aromatic N) is 1. The van der Waals surface area contributed by atoms with E-state index in [2.05, 4.69) is 17.1 Å². The summed E-state index contributed by atoms with van der Waals surface area (Å²) in [5.74, 6) is 1.47. The van der Waals surface area contributed by atoms with Crippen molar-refractivity contribution in [3.8, 4) is 0 Å². The predicted octanol–water partition coefficient (Wildman–Crippen LogP) is 3.20. The molecule has 2 unspecified atom stereocenters. The average Bonchev–Trinajstić information content (AvgIpc) is 2.61. The van der Waals surface area contributed by atoms with Crippen LogP contribution < -0.4 is 10.2 Å². The number of aliphatic hydroxyl groups excluding tert-OH is 1. The molecular weight excluding hydrogens is 300 g/mol. The van der Waals surface area contributed by atoms with Crippen LogP contribution in [0.4, 0.5) is 5.69 Å². The molecule has 0 radical (unpaired) electrons. The molecule has 1 amide bonds. The highest BCUT2D eigenvalue weighted by atomic mass is 16.3. The van der Waals surface area contributed by atoms with Gasteiger partial charge in [-0.25, -0.2) is 0 Å². The highest BCUT2D eigenvalue weighted by Crippen LogP contribution is 2.28. The van der Waals surface area contributed by atoms with E-state index in [0.29, 0.717) is 5.92 Å². The van der Waals surface area contributed by atoms with Gasteiger partial charge in [-0.05, 0) is 61.8 Å². The van der Waals surface area contributed by atoms with Gasteiger partial charge in [-0.2, -0.15) is 0 Å². The molecule has 1 aliphatic heterocycles. The van der Waals surface area contributed by atoms with E-state index in [-0.39, 0.29) is 12.0 Å². The van der Waals surface area contributed by atoms with Gasteiger partial charge in [-0.3, -0.25) is 4.79 Å². The molecule has 2 atom stereocenters. The summed E-state index contributed by atoms with van der Waals surface area (Å²) in [6.45, 7) is 4.88. The maximum Gasteiger partial charge on any atom is 0.251 e. The Balaban J connectivity index is 1.50. The van der Waals surface area contributed by atoms with Gasteiger partial charge in [0.15, 0.2) is 0 Å². The average molecular weight is 330 g/mol. The molecule has 4 heteroatoms. The second kappa shape index (κ2) is 8.02. The number of piperidine rings is 1. The molecule has 1 aliphatic carbocycles. The largest absolute Gasteiger partial charge is 0.393 e. The van der Waals surface area contributed by atoms with Crippen LogP contribution in [0, 0.1) is 11.8 Å². The van der Waals surface area contributed by atoms with Crippen molar-refractivity contribution in [2.45, 2.75) is 51.6 Å². The molecule has 1 aromatic rings. The van der Waals surface area contributed by atoms with Crippen LogP contribution in [0.1, 0.15) is 55.8 Å². The fourth-order valence-electron chi connectivity index (χ4n) is 4.03. The highest BCUT2D eigenvalue weighted by molar-refractivity contribution is 5.94. The van der Waals surface area contributed by atoms with Crippen LogP contribution in [0.5, 0.6) is 0 Å². The summed E-state index contributed by atoms with van der Waals surface area (Å²) in [7, 11) is 0. The molecule has 3 rings (SSSR count). The Morgan fingerprint density at radius 1 is 1.17 bits per heavy atom. The van der Waals surface area contributed by atoms with E-state index in [1.807, 2.05) is 24.3 Å². The molecule has 4 nitrogen and oxygen atoms in total. The van der Waals surface area contributed by atoms with Crippen molar-refractivity contribution in [2.24, 2.45) is 11.8 Å². The van der Waals surface area contributed by atoms with E-state index in [1.54, 1.807) is 0 Å². The smallest absolute Gasteiger partial charge is 0.251 e. The maximum atomic E-state index is 12.3. The molecule has 2 N–H and O–H groups in total. The van der Waals surface area contributed by atoms with Crippen LogP contribution in [-0.2, 0) is 0 Å². The van der Waals surface area contributed by atoms with Crippen molar-refractivity contribution in [2.75, 3.05) is 24.5 Å². The first kappa shape index (κ1) is 17.3. The van der Waals surface area contributed by atoms with Crippen molar-refractivity contribution in [1.29, 1.82) is 0 Å². The Bertz CT molecular complexity index is 535. The van der Waals surface area contributed by atoms with Crippen molar-refractivity contribution >= 4 is 11.6 Å². The number of rotatable bonds is 4. The first-order valence-electron chi connectivity index (χ1n) is 9.43. The lowest BCUT2D eigenvalue weighted by molar-refractivity contribution is 0.0940. The summed E-state index contributed by atoms with van der Waals surface area (Å²) in [5.41, 5.74) is 1.87. The second-order valence-electron chi connectivity index (χ2n) is 7.61. The lowest BCUT2D eigenvalue weighted by Crippen LogP contribution is -2.35. The molecule has 0 spiro atoms. The van der Waals surface area contributed by atoms with Crippen LogP contribution in [0.2, 0.25) is 0 Å². The molecule has 0 aromatic heterocycles. The van der Waals surface area contributed by atoms with E-state index in [0.717, 1.165) is 49.6 Å². The summed E-state index contributed by atoms with van der Waals surface area (Å²) >= 11 is 0. The highest BCUT2D eigenvalue weighted by Gasteiger charge is 2.20. The topological polar surface area (TPSA) is 52.6 Å². The molecule has 2 fully saturated rings. The standard InChI is InChI=1S/C20H30N2O2/c1-15-3-2-4-16(13-15)14-21-20(24)17-5-7-18(8-6-17)22-11-9-19(23)10-12-22/h5-8,15-16,19,23H,2-4,9-14H2,1H3,(H,21,24). The molecule has 132 valence electrons. The zero-order valence-electron chi connectivity index (χ0n) is 14.7. The lowest BCUT2D eigenvalue weighted by Gasteiger charge is -2.31. The Kier molecular flexibility index (Phi) is 5.77. The summed E-state index contributed by atoms with van der Waals surface area (Å²) in [6.07, 6.45) is 6.59. The van der Waals surface area contributed by atoms with Crippen molar-refractivity contribution in [3.63, 3.8) is 0 Å². The summed E-state index contributed by atoms with van der Waals surface area (Å²) in [6, 6.07) is 7.88. The minimum absolute atomic E-state index is 0.0360. The predicted molar refractivity (Wildman–Crippen MR) is 97.4 cm³/mol. The van der Waals surface area contributed by atoms with Gasteiger partial charge in [0.05, 0.1) is 6.10 Å². The SMILES string of the molecule is CC1CCCC(CNC(=O)c2ccc(N3CCC(O)CC3)cc2)C1. The van der Waals surface area contributed by atoms with Crippen LogP contribution in [0.3, 0.4) is 0 Å². The minimum atomic E-state index is -0.159. The third-order valence-corrected chi connectivity index (χ3v) is 5.56. The molecule has 2 aliphatic rings. The van der Waals surface area contributed by atoms with E-state index in [1.165, 1.54) is 25.7 Å². The molecule has 1 saturated heterocycles. The maximum absolute atomic E-state index is 12.3. The summed E-state index contributed by atoms with van der Waals surface area (Å²) < 4.78 is 0. The Morgan fingerprint density at radius 2 is 1.88 bits per heavy atom. The normalized spacial score (nSPS) is 25.5. The van der Waals surface area contributed by atoms with Gasteiger partial charge in [0.25, 0.3) is 5.91 Å². The monoisotopic (exact) mass is 330 g/mol. The number of hydrogen-bond acceptors (Lipinski definition) is 3. The van der Waals surface area contributed by atoms with Gasteiger partial charge in [0.2, 0.25) is 0 Å². The van der Waals surface area contributed by atoms with Crippen LogP contribution >= 0.6 is 0 Å². The first-order valence-corrected chi connectivity index (χ1v) is 9.43. The number of carbonyl (C=O) groups excluding carboxylic acids is 1. The Labute approximate surface area is 145 Å². The molecule has 1 saturated carbocycles. The second-order valence-corrected chi connectivity index (χ2v) is 7.61. The van der Waals surface area contributed by atoms with Crippen LogP contribution in [0.25, 0.3) is 0 Å². The fraction of sp³-hybridized carbons (Fsp3) is 0.650. The number of aliphatic hydroxyl groups is 1. The Hall–Kier alpha value is -1.55. The van der Waals surface area contributed by atoms with Crippen molar-refractivity contribution in [3.05, 3.63) is 29.8 Å². The van der Waals surface area contributed by atoms with Gasteiger partial charge in [-0.15, -0.1) is 0 Å². The van der Waals surface area contributed by atoms with Gasteiger partial charge in [0.1, 0.15) is 0 Å². The summed E-state index contributed by atoms with van der Waals surface area (Å²) in [4.78, 5) is 14.6. The molecule has 1 aromatic carbocycles. The first-order chi connectivity index (χ1) is 11.6. The van der Waals surface area contributed by atoms with E-state index < -0.39 is 0 Å². The Morgan fingerprint density at radius 3 is 2.54 bits per heavy atom. The number of benzene rings is 1. The third-order valence-electron chi connectivity index (χ3n) is 5.56. The molecule has 0 bridgehead atoms. The van der Waals surface area contributed by atoms with Crippen molar-refractivity contribution in [1.82, 2.24) is 5.32 Å². The quantitative estimate of drug-likeness (QED) is 0.891. The van der Waals surface area contributed by atoms with Gasteiger partial charge < -0.3 is 15.3 Å². The van der Waals surface area contributed by atoms with Gasteiger partial charge in [-0.1, -0.05) is 19.8 Å². The lowest BCUT2D eigenvalue weighted by atomic mass is 9.82. The van der Waals surface area contributed by atoms with Gasteiger partial charge in [0, 0.05) is 30.9 Å². The third kappa shape index (κ3) is 4.50. The fourth-order valence-corrected chi connectivity index (χ4v) is 4.03. The number of hydrogen-bond donors (Lipinski definition) is 2. The van der Waals surface area contributed by atoms with Crippen molar-refractivity contribution < 1.29 is 9.90 Å². The minimum Gasteiger partial charge on any atom is -0.393 e. The number of nitrogens with one attached hydrogen (secondary N) is 1. The van der Waals surface area contributed by atoms with Crippen LogP contribution in [0.15, 0.2) is 24.3 Å². The van der Waals surface area contributed by atoms with E-state index in [4.69, 9.17) is 0 Å². The zero-order valence-corrected chi connectivity index (χ0v) is 14.7. The van der Waals surface area contributed by atoms with Gasteiger partial charge >= 0.3 is 0 Å². The summed E-state index contributed by atoms with van der Waals surface area (Å²) in [5, 5.41) is 12.7. The number of carbonyl (C=O) groups is 1.